The van der Waals surface area contributed by atoms with Crippen LogP contribution in [0, 0.1) is 0 Å². The summed E-state index contributed by atoms with van der Waals surface area (Å²) < 4.78 is 39.3. The number of hydrogen-bond acceptors (Lipinski definition) is 5. The minimum atomic E-state index is -4.42. The third-order valence-electron chi connectivity index (χ3n) is 6.70. The van der Waals surface area contributed by atoms with Gasteiger partial charge in [-0.05, 0) is 30.3 Å². The van der Waals surface area contributed by atoms with E-state index in [1.807, 2.05) is 17.0 Å². The van der Waals surface area contributed by atoms with E-state index in [0.29, 0.717) is 28.5 Å². The van der Waals surface area contributed by atoms with Gasteiger partial charge in [0.1, 0.15) is 0 Å². The summed E-state index contributed by atoms with van der Waals surface area (Å²) in [5.41, 5.74) is 1.26. The maximum Gasteiger partial charge on any atom is 0.416 e. The number of β-amino-alcohol motifs (C(OH)–C–C–N with tert-alkyl or cyclic N) is 1. The molecule has 2 aromatic carbocycles. The van der Waals surface area contributed by atoms with Crippen LogP contribution >= 0.6 is 23.2 Å². The fourth-order valence-electron chi connectivity index (χ4n) is 4.94. The minimum Gasteiger partial charge on any atom is -0.390 e. The Balaban J connectivity index is 1.30. The molecule has 0 amide bonds. The van der Waals surface area contributed by atoms with Crippen molar-refractivity contribution in [2.45, 2.75) is 18.3 Å². The number of anilines is 2. The molecule has 2 saturated heterocycles. The van der Waals surface area contributed by atoms with Crippen LogP contribution in [0.25, 0.3) is 10.9 Å². The zero-order valence-corrected chi connectivity index (χ0v) is 19.7. The molecule has 5 nitrogen and oxygen atoms in total. The van der Waals surface area contributed by atoms with Crippen molar-refractivity contribution in [2.24, 2.45) is 0 Å². The number of aromatic nitrogens is 1. The Kier molecular flexibility index (Phi) is 6.27. The van der Waals surface area contributed by atoms with E-state index in [4.69, 9.17) is 23.2 Å². The lowest BCUT2D eigenvalue weighted by atomic mass is 10.1. The predicted molar refractivity (Wildman–Crippen MR) is 129 cm³/mol. The first-order chi connectivity index (χ1) is 16.2. The second kappa shape index (κ2) is 9.07. The largest absolute Gasteiger partial charge is 0.416 e. The molecule has 2 atom stereocenters. The van der Waals surface area contributed by atoms with E-state index in [-0.39, 0.29) is 11.6 Å². The summed E-state index contributed by atoms with van der Waals surface area (Å²) in [5.74, 6) is 0. The van der Waals surface area contributed by atoms with Crippen LogP contribution in [0.4, 0.5) is 24.5 Å². The Hall–Kier alpha value is -2.26. The standard InChI is InChI=1S/C24H23Cl2F3N4O/c25-17-2-1-3-20(23(17)26)31-8-10-32(11-9-31)21-13-33(14-22(21)34)19-6-7-30-18-12-15(24(27,28)29)4-5-16(18)19/h1-7,12,21-22,34H,8-11,13-14H2/t21-,22-/m0/s1. The highest BCUT2D eigenvalue weighted by atomic mass is 35.5. The van der Waals surface area contributed by atoms with Crippen LogP contribution in [-0.2, 0) is 6.18 Å². The smallest absolute Gasteiger partial charge is 0.390 e. The van der Waals surface area contributed by atoms with Crippen molar-refractivity contribution in [1.29, 1.82) is 0 Å². The van der Waals surface area contributed by atoms with Gasteiger partial charge in [-0.2, -0.15) is 13.2 Å². The summed E-state index contributed by atoms with van der Waals surface area (Å²) in [6.07, 6.45) is -3.47. The van der Waals surface area contributed by atoms with Crippen molar-refractivity contribution in [2.75, 3.05) is 49.1 Å². The number of nitrogens with zero attached hydrogens (tertiary/aromatic N) is 4. The van der Waals surface area contributed by atoms with Crippen LogP contribution in [-0.4, -0.2) is 66.4 Å². The van der Waals surface area contributed by atoms with Gasteiger partial charge in [0.25, 0.3) is 0 Å². The number of rotatable bonds is 3. The van der Waals surface area contributed by atoms with E-state index >= 15 is 0 Å². The van der Waals surface area contributed by atoms with Crippen LogP contribution < -0.4 is 9.80 Å². The predicted octanol–water partition coefficient (Wildman–Crippen LogP) is 4.93. The number of aliphatic hydroxyl groups is 1. The van der Waals surface area contributed by atoms with Gasteiger partial charge in [0, 0.05) is 56.5 Å². The van der Waals surface area contributed by atoms with Crippen molar-refractivity contribution < 1.29 is 18.3 Å². The van der Waals surface area contributed by atoms with Gasteiger partial charge in [0.05, 0.1) is 39.0 Å². The number of benzene rings is 2. The van der Waals surface area contributed by atoms with Crippen molar-refractivity contribution in [1.82, 2.24) is 9.88 Å². The van der Waals surface area contributed by atoms with Gasteiger partial charge < -0.3 is 14.9 Å². The second-order valence-electron chi connectivity index (χ2n) is 8.70. The molecular weight excluding hydrogens is 488 g/mol. The number of hydrogen-bond donors (Lipinski definition) is 1. The average molecular weight is 511 g/mol. The number of alkyl halides is 3. The summed E-state index contributed by atoms with van der Waals surface area (Å²) in [7, 11) is 0. The third-order valence-corrected chi connectivity index (χ3v) is 7.51. The van der Waals surface area contributed by atoms with Gasteiger partial charge >= 0.3 is 6.18 Å². The topological polar surface area (TPSA) is 42.8 Å². The highest BCUT2D eigenvalue weighted by Gasteiger charge is 2.38. The van der Waals surface area contributed by atoms with Crippen LogP contribution in [0.5, 0.6) is 0 Å². The lowest BCUT2D eigenvalue weighted by Gasteiger charge is -2.40. The van der Waals surface area contributed by atoms with Gasteiger partial charge in [-0.15, -0.1) is 0 Å². The Morgan fingerprint density at radius 1 is 0.912 bits per heavy atom. The normalized spacial score (nSPS) is 22.1. The van der Waals surface area contributed by atoms with Crippen molar-refractivity contribution >= 4 is 45.5 Å². The summed E-state index contributed by atoms with van der Waals surface area (Å²) in [6.45, 7) is 4.00. The zero-order chi connectivity index (χ0) is 24.0. The van der Waals surface area contributed by atoms with Crippen molar-refractivity contribution in [3.63, 3.8) is 0 Å². The minimum absolute atomic E-state index is 0.0744. The molecule has 2 aliphatic heterocycles. The SMILES string of the molecule is O[C@H]1CN(c2ccnc3cc(C(F)(F)F)ccc23)C[C@@H]1N1CCN(c2cccc(Cl)c2Cl)CC1. The molecule has 2 fully saturated rings. The van der Waals surface area contributed by atoms with Gasteiger partial charge in [0.15, 0.2) is 0 Å². The zero-order valence-electron chi connectivity index (χ0n) is 18.1. The number of piperazine rings is 1. The van der Waals surface area contributed by atoms with Crippen LogP contribution in [0.15, 0.2) is 48.7 Å². The molecule has 2 aliphatic rings. The number of fused-ring (bicyclic) bond motifs is 1. The van der Waals surface area contributed by atoms with Crippen LogP contribution in [0.3, 0.4) is 0 Å². The van der Waals surface area contributed by atoms with Gasteiger partial charge in [0.2, 0.25) is 0 Å². The molecule has 10 heteroatoms. The van der Waals surface area contributed by atoms with Crippen LogP contribution in [0.2, 0.25) is 10.0 Å². The molecule has 0 bridgehead atoms. The Morgan fingerprint density at radius 2 is 1.68 bits per heavy atom. The van der Waals surface area contributed by atoms with Gasteiger partial charge in [-0.25, -0.2) is 0 Å². The molecule has 180 valence electrons. The number of halogens is 5. The maximum absolute atomic E-state index is 13.1. The molecule has 34 heavy (non-hydrogen) atoms. The van der Waals surface area contributed by atoms with E-state index in [1.54, 1.807) is 12.1 Å². The van der Waals surface area contributed by atoms with Gasteiger partial charge in [-0.3, -0.25) is 9.88 Å². The molecule has 3 aromatic rings. The second-order valence-corrected chi connectivity index (χ2v) is 9.48. The molecule has 3 heterocycles. The first-order valence-corrected chi connectivity index (χ1v) is 11.8. The highest BCUT2D eigenvalue weighted by molar-refractivity contribution is 6.43. The summed E-state index contributed by atoms with van der Waals surface area (Å²) in [5, 5.41) is 12.6. The number of pyridine rings is 1. The summed E-state index contributed by atoms with van der Waals surface area (Å²) in [6, 6.07) is 10.9. The van der Waals surface area contributed by atoms with Gasteiger partial charge in [-0.1, -0.05) is 35.3 Å². The summed E-state index contributed by atoms with van der Waals surface area (Å²) >= 11 is 12.5. The molecule has 1 N–H and O–H groups in total. The van der Waals surface area contributed by atoms with Crippen molar-refractivity contribution in [3.05, 3.63) is 64.3 Å². The first-order valence-electron chi connectivity index (χ1n) is 11.0. The first kappa shape index (κ1) is 23.5. The fourth-order valence-corrected chi connectivity index (χ4v) is 5.36. The van der Waals surface area contributed by atoms with E-state index in [2.05, 4.69) is 14.8 Å². The number of aliphatic hydroxyl groups excluding tert-OH is 1. The molecular formula is C24H23Cl2F3N4O. The monoisotopic (exact) mass is 510 g/mol. The average Bonchev–Trinajstić information content (AvgIpc) is 3.21. The lowest BCUT2D eigenvalue weighted by Crippen LogP contribution is -2.53. The Labute approximate surface area is 205 Å². The van der Waals surface area contributed by atoms with E-state index < -0.39 is 17.8 Å². The maximum atomic E-state index is 13.1. The van der Waals surface area contributed by atoms with E-state index in [9.17, 15) is 18.3 Å². The van der Waals surface area contributed by atoms with Crippen molar-refractivity contribution in [3.8, 4) is 0 Å². The lowest BCUT2D eigenvalue weighted by molar-refractivity contribution is -0.137. The molecule has 0 radical (unpaired) electrons. The van der Waals surface area contributed by atoms with E-state index in [1.165, 1.54) is 12.3 Å². The highest BCUT2D eigenvalue weighted by Crippen LogP contribution is 2.36. The Bertz CT molecular complexity index is 1200. The molecule has 1 aromatic heterocycles. The molecule has 0 saturated carbocycles. The van der Waals surface area contributed by atoms with E-state index in [0.717, 1.165) is 49.7 Å². The molecule has 5 rings (SSSR count). The van der Waals surface area contributed by atoms with Crippen LogP contribution in [0.1, 0.15) is 5.56 Å². The third kappa shape index (κ3) is 4.40. The molecule has 0 spiro atoms. The quantitative estimate of drug-likeness (QED) is 0.540. The molecule has 0 aliphatic carbocycles. The Morgan fingerprint density at radius 3 is 2.41 bits per heavy atom. The summed E-state index contributed by atoms with van der Waals surface area (Å²) in [4.78, 5) is 10.6. The fraction of sp³-hybridized carbons (Fsp3) is 0.375. The molecule has 0 unspecified atom stereocenters.